The molecule has 1 aliphatic heterocycles. The number of nitrogens with two attached hydrogens (primary N) is 1. The van der Waals surface area contributed by atoms with E-state index in [1.54, 1.807) is 0 Å². The molecular weight excluding hydrogens is 184 g/mol. The van der Waals surface area contributed by atoms with Crippen LogP contribution in [0.5, 0.6) is 0 Å². The van der Waals surface area contributed by atoms with Crippen LogP contribution in [-0.4, -0.2) is 31.1 Å². The van der Waals surface area contributed by atoms with Crippen molar-refractivity contribution in [3.8, 4) is 0 Å². The van der Waals surface area contributed by atoms with Crippen LogP contribution in [0.15, 0.2) is 0 Å². The molecule has 0 radical (unpaired) electrons. The Morgan fingerprint density at radius 1 is 0.933 bits per heavy atom. The molecule has 2 heteroatoms. The molecule has 0 aromatic rings. The van der Waals surface area contributed by atoms with E-state index in [0.29, 0.717) is 0 Å². The van der Waals surface area contributed by atoms with Gasteiger partial charge in [0, 0.05) is 0 Å². The first-order valence-electron chi connectivity index (χ1n) is 6.81. The molecule has 0 unspecified atom stereocenters. The Bertz CT molecular complexity index is 167. The van der Waals surface area contributed by atoms with Crippen molar-refractivity contribution in [1.29, 1.82) is 0 Å². The maximum absolute atomic E-state index is 5.70. The van der Waals surface area contributed by atoms with E-state index in [4.69, 9.17) is 5.73 Å². The highest BCUT2D eigenvalue weighted by Crippen LogP contribution is 2.28. The Morgan fingerprint density at radius 3 is 2.20 bits per heavy atom. The van der Waals surface area contributed by atoms with Gasteiger partial charge in [0.2, 0.25) is 0 Å². The number of nitrogens with zero attached hydrogens (tertiary/aromatic N) is 1. The van der Waals surface area contributed by atoms with Gasteiger partial charge in [-0.3, -0.25) is 0 Å². The van der Waals surface area contributed by atoms with E-state index in [9.17, 15) is 0 Å². The van der Waals surface area contributed by atoms with Gasteiger partial charge in [-0.2, -0.15) is 0 Å². The quantitative estimate of drug-likeness (QED) is 0.771. The SMILES string of the molecule is NCC1CCN(CCC2CCCC2)CC1. The monoisotopic (exact) mass is 210 g/mol. The van der Waals surface area contributed by atoms with Crippen molar-refractivity contribution in [1.82, 2.24) is 4.90 Å². The fourth-order valence-corrected chi connectivity index (χ4v) is 3.11. The van der Waals surface area contributed by atoms with Crippen LogP contribution in [0.1, 0.15) is 44.9 Å². The van der Waals surface area contributed by atoms with Crippen LogP contribution in [-0.2, 0) is 0 Å². The third-order valence-electron chi connectivity index (χ3n) is 4.37. The summed E-state index contributed by atoms with van der Waals surface area (Å²) < 4.78 is 0. The molecule has 0 spiro atoms. The predicted octanol–water partition coefficient (Wildman–Crippen LogP) is 2.24. The van der Waals surface area contributed by atoms with Gasteiger partial charge < -0.3 is 10.6 Å². The first-order valence-corrected chi connectivity index (χ1v) is 6.81. The predicted molar refractivity (Wildman–Crippen MR) is 64.8 cm³/mol. The molecule has 88 valence electrons. The Hall–Kier alpha value is -0.0800. The van der Waals surface area contributed by atoms with Crippen LogP contribution in [0.2, 0.25) is 0 Å². The van der Waals surface area contributed by atoms with Crippen LogP contribution >= 0.6 is 0 Å². The topological polar surface area (TPSA) is 29.3 Å². The first kappa shape index (κ1) is 11.4. The van der Waals surface area contributed by atoms with Crippen molar-refractivity contribution >= 4 is 0 Å². The van der Waals surface area contributed by atoms with Crippen molar-refractivity contribution in [3.05, 3.63) is 0 Å². The van der Waals surface area contributed by atoms with Crippen LogP contribution in [0, 0.1) is 11.8 Å². The smallest absolute Gasteiger partial charge is 0.00156 e. The third kappa shape index (κ3) is 3.46. The second kappa shape index (κ2) is 5.86. The van der Waals surface area contributed by atoms with E-state index in [2.05, 4.69) is 4.90 Å². The number of hydrogen-bond donors (Lipinski definition) is 1. The minimum absolute atomic E-state index is 0.813. The average molecular weight is 210 g/mol. The summed E-state index contributed by atoms with van der Waals surface area (Å²) >= 11 is 0. The van der Waals surface area contributed by atoms with Gasteiger partial charge in [0.15, 0.2) is 0 Å². The van der Waals surface area contributed by atoms with Crippen LogP contribution in [0.3, 0.4) is 0 Å². The molecule has 2 aliphatic rings. The number of piperidine rings is 1. The largest absolute Gasteiger partial charge is 0.330 e. The summed E-state index contributed by atoms with van der Waals surface area (Å²) in [5.74, 6) is 1.87. The summed E-state index contributed by atoms with van der Waals surface area (Å²) in [6.07, 6.45) is 10.1. The summed E-state index contributed by atoms with van der Waals surface area (Å²) in [5.41, 5.74) is 5.70. The fraction of sp³-hybridized carbons (Fsp3) is 1.00. The molecule has 0 bridgehead atoms. The van der Waals surface area contributed by atoms with E-state index < -0.39 is 0 Å². The highest BCUT2D eigenvalue weighted by Gasteiger charge is 2.20. The molecule has 0 atom stereocenters. The average Bonchev–Trinajstić information content (AvgIpc) is 2.80. The molecule has 1 saturated carbocycles. The molecule has 0 aromatic heterocycles. The molecule has 0 aromatic carbocycles. The molecule has 0 amide bonds. The van der Waals surface area contributed by atoms with Crippen molar-refractivity contribution in [2.45, 2.75) is 44.9 Å². The van der Waals surface area contributed by atoms with Crippen molar-refractivity contribution in [2.24, 2.45) is 17.6 Å². The summed E-state index contributed by atoms with van der Waals surface area (Å²) in [6.45, 7) is 4.85. The van der Waals surface area contributed by atoms with Gasteiger partial charge in [-0.25, -0.2) is 0 Å². The van der Waals surface area contributed by atoms with Gasteiger partial charge in [0.25, 0.3) is 0 Å². The zero-order chi connectivity index (χ0) is 10.5. The lowest BCUT2D eigenvalue weighted by Gasteiger charge is -2.31. The highest BCUT2D eigenvalue weighted by atomic mass is 15.1. The minimum Gasteiger partial charge on any atom is -0.330 e. The molecule has 2 nitrogen and oxygen atoms in total. The third-order valence-corrected chi connectivity index (χ3v) is 4.37. The van der Waals surface area contributed by atoms with Gasteiger partial charge in [0.1, 0.15) is 0 Å². The van der Waals surface area contributed by atoms with Crippen LogP contribution in [0.4, 0.5) is 0 Å². The Labute approximate surface area is 94.2 Å². The standard InChI is InChI=1S/C13H26N2/c14-11-13-6-9-15(10-7-13)8-5-12-3-1-2-4-12/h12-13H,1-11,14H2. The summed E-state index contributed by atoms with van der Waals surface area (Å²) in [5, 5.41) is 0. The van der Waals surface area contributed by atoms with Gasteiger partial charge in [-0.05, 0) is 57.3 Å². The first-order chi connectivity index (χ1) is 7.38. The molecule has 2 fully saturated rings. The summed E-state index contributed by atoms with van der Waals surface area (Å²) in [6, 6.07) is 0. The second-order valence-electron chi connectivity index (χ2n) is 5.46. The van der Waals surface area contributed by atoms with E-state index in [-0.39, 0.29) is 0 Å². The lowest BCUT2D eigenvalue weighted by molar-refractivity contribution is 0.177. The fourth-order valence-electron chi connectivity index (χ4n) is 3.11. The summed E-state index contributed by atoms with van der Waals surface area (Å²) in [7, 11) is 0. The van der Waals surface area contributed by atoms with Crippen LogP contribution in [0.25, 0.3) is 0 Å². The minimum atomic E-state index is 0.813. The molecule has 1 saturated heterocycles. The zero-order valence-electron chi connectivity index (χ0n) is 9.96. The van der Waals surface area contributed by atoms with E-state index in [0.717, 1.165) is 18.4 Å². The second-order valence-corrected chi connectivity index (χ2v) is 5.46. The van der Waals surface area contributed by atoms with Crippen molar-refractivity contribution < 1.29 is 0 Å². The normalized spacial score (nSPS) is 26.2. The van der Waals surface area contributed by atoms with Gasteiger partial charge in [-0.1, -0.05) is 25.7 Å². The van der Waals surface area contributed by atoms with Gasteiger partial charge in [0.05, 0.1) is 0 Å². The lowest BCUT2D eigenvalue weighted by atomic mass is 9.96. The maximum Gasteiger partial charge on any atom is -0.00156 e. The van der Waals surface area contributed by atoms with Gasteiger partial charge >= 0.3 is 0 Å². The molecule has 2 rings (SSSR count). The van der Waals surface area contributed by atoms with E-state index in [1.165, 1.54) is 64.6 Å². The van der Waals surface area contributed by atoms with Crippen LogP contribution < -0.4 is 5.73 Å². The number of hydrogen-bond acceptors (Lipinski definition) is 2. The zero-order valence-corrected chi connectivity index (χ0v) is 9.96. The number of likely N-dealkylation sites (tertiary alicyclic amines) is 1. The Balaban J connectivity index is 1.59. The number of rotatable bonds is 4. The lowest BCUT2D eigenvalue weighted by Crippen LogP contribution is -2.37. The Kier molecular flexibility index (Phi) is 4.45. The highest BCUT2D eigenvalue weighted by molar-refractivity contribution is 4.75. The molecule has 15 heavy (non-hydrogen) atoms. The van der Waals surface area contributed by atoms with Crippen molar-refractivity contribution in [3.63, 3.8) is 0 Å². The maximum atomic E-state index is 5.70. The molecule has 1 heterocycles. The van der Waals surface area contributed by atoms with Gasteiger partial charge in [-0.15, -0.1) is 0 Å². The Morgan fingerprint density at radius 2 is 1.60 bits per heavy atom. The molecular formula is C13H26N2. The van der Waals surface area contributed by atoms with E-state index >= 15 is 0 Å². The van der Waals surface area contributed by atoms with E-state index in [1.807, 2.05) is 0 Å². The summed E-state index contributed by atoms with van der Waals surface area (Å²) in [4.78, 5) is 2.66. The molecule has 2 N–H and O–H groups in total. The molecule has 1 aliphatic carbocycles. The van der Waals surface area contributed by atoms with Crippen molar-refractivity contribution in [2.75, 3.05) is 26.2 Å².